The fraction of sp³-hybridized carbons (Fsp3) is 1.00. The summed E-state index contributed by atoms with van der Waals surface area (Å²) in [5.41, 5.74) is 0. The zero-order valence-corrected chi connectivity index (χ0v) is 5.57. The van der Waals surface area contributed by atoms with Crippen molar-refractivity contribution in [2.24, 2.45) is 0 Å². The van der Waals surface area contributed by atoms with Gasteiger partial charge < -0.3 is 0 Å². The molecule has 0 saturated heterocycles. The SMILES string of the molecule is CC(C)NS(=O)(=O)O.[KH]. The number of rotatable bonds is 2. The van der Waals surface area contributed by atoms with Gasteiger partial charge in [0.15, 0.2) is 0 Å². The van der Waals surface area contributed by atoms with Crippen LogP contribution in [0, 0.1) is 0 Å². The van der Waals surface area contributed by atoms with Gasteiger partial charge in [0.25, 0.3) is 0 Å². The van der Waals surface area contributed by atoms with Gasteiger partial charge >= 0.3 is 61.7 Å². The molecule has 0 bridgehead atoms. The number of nitrogens with one attached hydrogen (secondary N) is 1. The molecule has 0 atom stereocenters. The quantitative estimate of drug-likeness (QED) is 0.428. The molecule has 0 unspecified atom stereocenters. The zero-order chi connectivity index (χ0) is 6.78. The summed E-state index contributed by atoms with van der Waals surface area (Å²) in [7, 11) is -3.97. The first-order chi connectivity index (χ1) is 3.42. The normalized spacial score (nSPS) is 11.1. The van der Waals surface area contributed by atoms with Gasteiger partial charge in [0.2, 0.25) is 0 Å². The van der Waals surface area contributed by atoms with Crippen LogP contribution in [-0.2, 0) is 10.3 Å². The third-order valence-corrected chi connectivity index (χ3v) is 1.15. The Kier molecular flexibility index (Phi) is 7.57. The minimum atomic E-state index is -3.97. The molecular formula is C3H10KNO3S. The molecule has 2 N–H and O–H groups in total. The molecule has 0 aliphatic rings. The Morgan fingerprint density at radius 2 is 1.78 bits per heavy atom. The summed E-state index contributed by atoms with van der Waals surface area (Å²) in [6.07, 6.45) is 0. The van der Waals surface area contributed by atoms with Gasteiger partial charge in [-0.05, 0) is 13.8 Å². The Labute approximate surface area is 97.7 Å². The Bertz CT molecular complexity index is 152. The monoisotopic (exact) mass is 179 g/mol. The maximum absolute atomic E-state index is 9.89. The van der Waals surface area contributed by atoms with Crippen LogP contribution in [0.5, 0.6) is 0 Å². The molecule has 6 heteroatoms. The van der Waals surface area contributed by atoms with Crippen LogP contribution in [0.4, 0.5) is 0 Å². The third-order valence-electron chi connectivity index (χ3n) is 0.385. The van der Waals surface area contributed by atoms with E-state index >= 15 is 0 Å². The molecule has 52 valence electrons. The van der Waals surface area contributed by atoms with E-state index in [0.717, 1.165) is 0 Å². The van der Waals surface area contributed by atoms with Crippen LogP contribution in [0.3, 0.4) is 0 Å². The first-order valence-electron chi connectivity index (χ1n) is 2.16. The molecule has 0 aliphatic carbocycles. The summed E-state index contributed by atoms with van der Waals surface area (Å²) in [5.74, 6) is 0. The summed E-state index contributed by atoms with van der Waals surface area (Å²) < 4.78 is 29.7. The summed E-state index contributed by atoms with van der Waals surface area (Å²) in [6.45, 7) is 3.24. The van der Waals surface area contributed by atoms with Gasteiger partial charge in [-0.15, -0.1) is 0 Å². The van der Waals surface area contributed by atoms with E-state index in [0.29, 0.717) is 0 Å². The van der Waals surface area contributed by atoms with Crippen molar-refractivity contribution in [1.82, 2.24) is 4.72 Å². The first-order valence-corrected chi connectivity index (χ1v) is 3.60. The predicted octanol–water partition coefficient (Wildman–Crippen LogP) is -0.861. The van der Waals surface area contributed by atoms with Gasteiger partial charge in [-0.25, -0.2) is 0 Å². The Balaban J connectivity index is 0. The van der Waals surface area contributed by atoms with Gasteiger partial charge in [0.05, 0.1) is 0 Å². The van der Waals surface area contributed by atoms with Crippen molar-refractivity contribution >= 4 is 61.7 Å². The van der Waals surface area contributed by atoms with Gasteiger partial charge in [-0.3, -0.25) is 4.55 Å². The molecule has 0 heterocycles. The van der Waals surface area contributed by atoms with Crippen LogP contribution >= 0.6 is 0 Å². The average Bonchev–Trinajstić information content (AvgIpc) is 1.21. The van der Waals surface area contributed by atoms with Crippen molar-refractivity contribution < 1.29 is 13.0 Å². The van der Waals surface area contributed by atoms with Gasteiger partial charge in [-0.1, -0.05) is 0 Å². The molecule has 0 rings (SSSR count). The zero-order valence-electron chi connectivity index (χ0n) is 4.75. The van der Waals surface area contributed by atoms with Crippen LogP contribution in [-0.4, -0.2) is 70.4 Å². The second-order valence-corrected chi connectivity index (χ2v) is 2.93. The summed E-state index contributed by atoms with van der Waals surface area (Å²) in [6, 6.07) is -0.245. The topological polar surface area (TPSA) is 66.4 Å². The standard InChI is InChI=1S/C3H9NO3S.K.H/c1-3(2)4-8(5,6)7;;/h3-4H,1-2H3,(H,5,6,7);;. The van der Waals surface area contributed by atoms with Crippen molar-refractivity contribution in [2.75, 3.05) is 0 Å². The summed E-state index contributed by atoms with van der Waals surface area (Å²) in [4.78, 5) is 0. The molecule has 0 radical (unpaired) electrons. The van der Waals surface area contributed by atoms with E-state index in [2.05, 4.69) is 0 Å². The molecule has 0 aromatic rings. The van der Waals surface area contributed by atoms with Gasteiger partial charge in [-0.2, -0.15) is 13.1 Å². The van der Waals surface area contributed by atoms with E-state index in [1.807, 2.05) is 4.72 Å². The molecule has 0 aromatic heterocycles. The van der Waals surface area contributed by atoms with Crippen molar-refractivity contribution in [2.45, 2.75) is 19.9 Å². The van der Waals surface area contributed by atoms with Crippen molar-refractivity contribution in [3.05, 3.63) is 0 Å². The second kappa shape index (κ2) is 5.20. The van der Waals surface area contributed by atoms with E-state index in [-0.39, 0.29) is 57.4 Å². The van der Waals surface area contributed by atoms with E-state index in [1.54, 1.807) is 13.8 Å². The number of hydrogen-bond donors (Lipinski definition) is 2. The molecule has 0 aliphatic heterocycles. The van der Waals surface area contributed by atoms with E-state index in [4.69, 9.17) is 4.55 Å². The molecule has 9 heavy (non-hydrogen) atoms. The third kappa shape index (κ3) is 12.7. The van der Waals surface area contributed by atoms with Crippen molar-refractivity contribution in [3.63, 3.8) is 0 Å². The molecule has 0 saturated carbocycles. The van der Waals surface area contributed by atoms with Gasteiger partial charge in [0, 0.05) is 6.04 Å². The van der Waals surface area contributed by atoms with Crippen LogP contribution in [0.1, 0.15) is 13.8 Å². The molecule has 0 fully saturated rings. The van der Waals surface area contributed by atoms with Gasteiger partial charge in [0.1, 0.15) is 0 Å². The van der Waals surface area contributed by atoms with E-state index in [9.17, 15) is 8.42 Å². The number of hydrogen-bond acceptors (Lipinski definition) is 2. The van der Waals surface area contributed by atoms with Crippen molar-refractivity contribution in [1.29, 1.82) is 0 Å². The summed E-state index contributed by atoms with van der Waals surface area (Å²) >= 11 is 0. The van der Waals surface area contributed by atoms with E-state index < -0.39 is 10.3 Å². The minimum absolute atomic E-state index is 0. The fourth-order valence-electron chi connectivity index (χ4n) is 0.298. The summed E-state index contributed by atoms with van der Waals surface area (Å²) in [5, 5.41) is 0. The Morgan fingerprint density at radius 1 is 1.44 bits per heavy atom. The molecular weight excluding hydrogens is 169 g/mol. The van der Waals surface area contributed by atoms with E-state index in [1.165, 1.54) is 0 Å². The van der Waals surface area contributed by atoms with Crippen LogP contribution < -0.4 is 4.72 Å². The molecule has 0 spiro atoms. The fourth-order valence-corrected chi connectivity index (χ4v) is 0.894. The molecule has 0 amide bonds. The first kappa shape index (κ1) is 13.1. The van der Waals surface area contributed by atoms with Crippen molar-refractivity contribution in [3.8, 4) is 0 Å². The maximum atomic E-state index is 9.89. The Hall–Kier alpha value is 1.51. The van der Waals surface area contributed by atoms with Crippen LogP contribution in [0.15, 0.2) is 0 Å². The second-order valence-electron chi connectivity index (χ2n) is 1.75. The van der Waals surface area contributed by atoms with Crippen LogP contribution in [0.2, 0.25) is 0 Å². The molecule has 4 nitrogen and oxygen atoms in total. The predicted molar refractivity (Wildman–Crippen MR) is 37.0 cm³/mol. The average molecular weight is 179 g/mol. The Morgan fingerprint density at radius 3 is 1.78 bits per heavy atom. The molecule has 0 aromatic carbocycles. The van der Waals surface area contributed by atoms with Crippen LogP contribution in [0.25, 0.3) is 0 Å².